The highest BCUT2D eigenvalue weighted by Gasteiger charge is 2.32. The Bertz CT molecular complexity index is 1460. The fourth-order valence-corrected chi connectivity index (χ4v) is 5.02. The molecule has 1 aliphatic heterocycles. The zero-order valence-electron chi connectivity index (χ0n) is 20.3. The van der Waals surface area contributed by atoms with Crippen LogP contribution in [0.2, 0.25) is 0 Å². The molecule has 3 aromatic carbocycles. The lowest BCUT2D eigenvalue weighted by atomic mass is 9.87. The van der Waals surface area contributed by atoms with Crippen LogP contribution in [0.25, 0.3) is 10.9 Å². The van der Waals surface area contributed by atoms with Gasteiger partial charge in [0.1, 0.15) is 0 Å². The van der Waals surface area contributed by atoms with Gasteiger partial charge in [-0.1, -0.05) is 36.4 Å². The van der Waals surface area contributed by atoms with Crippen LogP contribution in [0, 0.1) is 10.1 Å². The van der Waals surface area contributed by atoms with E-state index in [1.54, 1.807) is 29.3 Å². The molecule has 5 rings (SSSR count). The molecule has 1 N–H and O–H groups in total. The molecule has 4 aromatic rings. The summed E-state index contributed by atoms with van der Waals surface area (Å²) in [5.74, 6) is -0.699. The summed E-state index contributed by atoms with van der Waals surface area (Å²) in [6, 6.07) is 19.0. The average molecular weight is 523 g/mol. The summed E-state index contributed by atoms with van der Waals surface area (Å²) in [5.41, 5.74) is 2.16. The second-order valence-electron chi connectivity index (χ2n) is 9.31. The molecule has 1 amide bonds. The van der Waals surface area contributed by atoms with Crippen molar-refractivity contribution in [3.8, 4) is 0 Å². The van der Waals surface area contributed by atoms with Crippen molar-refractivity contribution in [3.63, 3.8) is 0 Å². The van der Waals surface area contributed by atoms with Crippen LogP contribution in [0.1, 0.15) is 29.0 Å². The number of benzene rings is 3. The molecule has 1 fully saturated rings. The zero-order valence-corrected chi connectivity index (χ0v) is 20.3. The van der Waals surface area contributed by atoms with Gasteiger partial charge in [-0.15, -0.1) is 0 Å². The first-order valence-corrected chi connectivity index (χ1v) is 12.2. The largest absolute Gasteiger partial charge is 0.416 e. The lowest BCUT2D eigenvalue weighted by Gasteiger charge is -2.36. The van der Waals surface area contributed by atoms with E-state index in [0.717, 1.165) is 34.3 Å². The van der Waals surface area contributed by atoms with Gasteiger partial charge in [-0.05, 0) is 35.4 Å². The summed E-state index contributed by atoms with van der Waals surface area (Å²) in [6.45, 7) is 1.98. The van der Waals surface area contributed by atoms with E-state index in [-0.39, 0.29) is 18.0 Å². The number of rotatable bonds is 6. The van der Waals surface area contributed by atoms with Crippen LogP contribution >= 0.6 is 0 Å². The Hall–Kier alpha value is -4.34. The predicted octanol–water partition coefficient (Wildman–Crippen LogP) is 5.97. The molecular weight excluding hydrogens is 497 g/mol. The number of nitrogens with zero attached hydrogens (tertiary/aromatic N) is 3. The topological polar surface area (TPSA) is 82.5 Å². The second kappa shape index (κ2) is 10.2. The first kappa shape index (κ1) is 25.3. The summed E-state index contributed by atoms with van der Waals surface area (Å²) >= 11 is 0. The number of anilines is 1. The summed E-state index contributed by atoms with van der Waals surface area (Å²) in [5, 5.41) is 11.8. The van der Waals surface area contributed by atoms with Crippen LogP contribution in [0.4, 0.5) is 24.5 Å². The molecule has 0 saturated carbocycles. The van der Waals surface area contributed by atoms with Crippen LogP contribution in [0.15, 0.2) is 79.0 Å². The number of amides is 1. The van der Waals surface area contributed by atoms with E-state index in [1.165, 1.54) is 18.2 Å². The van der Waals surface area contributed by atoms with E-state index in [4.69, 9.17) is 0 Å². The molecule has 1 atom stereocenters. The Morgan fingerprint density at radius 1 is 0.974 bits per heavy atom. The van der Waals surface area contributed by atoms with Crippen LogP contribution in [-0.2, 0) is 11.0 Å². The van der Waals surface area contributed by atoms with Crippen LogP contribution in [0.3, 0.4) is 0 Å². The summed E-state index contributed by atoms with van der Waals surface area (Å²) in [7, 11) is 0. The van der Waals surface area contributed by atoms with Gasteiger partial charge in [-0.25, -0.2) is 0 Å². The molecule has 1 saturated heterocycles. The molecule has 0 bridgehead atoms. The molecule has 2 heterocycles. The van der Waals surface area contributed by atoms with Gasteiger partial charge < -0.3 is 14.8 Å². The first-order chi connectivity index (χ1) is 18.2. The van der Waals surface area contributed by atoms with E-state index >= 15 is 0 Å². The number of para-hydroxylation sites is 1. The Morgan fingerprint density at radius 3 is 2.37 bits per heavy atom. The van der Waals surface area contributed by atoms with Gasteiger partial charge in [0.05, 0.1) is 10.5 Å². The number of H-pyrrole nitrogens is 1. The third-order valence-electron chi connectivity index (χ3n) is 7.05. The molecule has 38 heavy (non-hydrogen) atoms. The molecule has 0 spiro atoms. The second-order valence-corrected chi connectivity index (χ2v) is 9.31. The van der Waals surface area contributed by atoms with Gasteiger partial charge >= 0.3 is 6.18 Å². The minimum absolute atomic E-state index is 0.0143. The molecular formula is C28H25F3N4O3. The number of piperazine rings is 1. The van der Waals surface area contributed by atoms with Gasteiger partial charge in [0, 0.05) is 73.4 Å². The van der Waals surface area contributed by atoms with Gasteiger partial charge in [-0.3, -0.25) is 14.9 Å². The van der Waals surface area contributed by atoms with E-state index in [2.05, 4.69) is 9.88 Å². The number of nitro groups is 1. The number of fused-ring (bicyclic) bond motifs is 1. The third kappa shape index (κ3) is 5.20. The lowest BCUT2D eigenvalue weighted by molar-refractivity contribution is -0.384. The predicted molar refractivity (Wildman–Crippen MR) is 138 cm³/mol. The standard InChI is InChI=1S/C28H25F3N4O3/c29-28(30,31)20-5-3-4-19(16-20)24(25-18-32-26-7-2-1-6-23(25)26)17-27(36)34-14-12-33(13-15-34)21-8-10-22(11-9-21)35(37)38/h1-11,16,18,24,32H,12-15,17H2. The monoisotopic (exact) mass is 522 g/mol. The number of nitrogens with one attached hydrogen (secondary N) is 1. The van der Waals surface area contributed by atoms with Crippen molar-refractivity contribution in [2.45, 2.75) is 18.5 Å². The number of aromatic nitrogens is 1. The molecule has 1 aliphatic rings. The third-order valence-corrected chi connectivity index (χ3v) is 7.05. The maximum atomic E-state index is 13.5. The number of alkyl halides is 3. The number of carbonyl (C=O) groups excluding carboxylic acids is 1. The Balaban J connectivity index is 1.36. The van der Waals surface area contributed by atoms with Gasteiger partial charge in [0.15, 0.2) is 0 Å². The van der Waals surface area contributed by atoms with Crippen LogP contribution < -0.4 is 4.90 Å². The highest BCUT2D eigenvalue weighted by Crippen LogP contribution is 2.37. The van der Waals surface area contributed by atoms with Crippen LogP contribution in [0.5, 0.6) is 0 Å². The van der Waals surface area contributed by atoms with Crippen molar-refractivity contribution in [3.05, 3.63) is 106 Å². The molecule has 196 valence electrons. The fourth-order valence-electron chi connectivity index (χ4n) is 5.02. The molecule has 0 aliphatic carbocycles. The maximum absolute atomic E-state index is 13.5. The molecule has 10 heteroatoms. The Morgan fingerprint density at radius 2 is 1.68 bits per heavy atom. The zero-order chi connectivity index (χ0) is 26.9. The smallest absolute Gasteiger partial charge is 0.368 e. The van der Waals surface area contributed by atoms with E-state index in [1.807, 2.05) is 24.3 Å². The summed E-state index contributed by atoms with van der Waals surface area (Å²) < 4.78 is 40.5. The minimum Gasteiger partial charge on any atom is -0.368 e. The number of halogens is 3. The Kier molecular flexibility index (Phi) is 6.79. The van der Waals surface area contributed by atoms with Crippen molar-refractivity contribution in [2.24, 2.45) is 0 Å². The van der Waals surface area contributed by atoms with Crippen molar-refractivity contribution < 1.29 is 22.9 Å². The van der Waals surface area contributed by atoms with Crippen molar-refractivity contribution in [1.82, 2.24) is 9.88 Å². The highest BCUT2D eigenvalue weighted by atomic mass is 19.4. The molecule has 0 radical (unpaired) electrons. The number of hydrogen-bond donors (Lipinski definition) is 1. The SMILES string of the molecule is O=C(CC(c1cccc(C(F)(F)F)c1)c1c[nH]c2ccccc12)N1CCN(c2ccc([N+](=O)[O-])cc2)CC1. The molecule has 7 nitrogen and oxygen atoms in total. The number of nitro benzene ring substituents is 1. The number of carbonyl (C=O) groups is 1. The Labute approximate surface area is 216 Å². The normalized spacial score (nSPS) is 15.0. The average Bonchev–Trinajstić information content (AvgIpc) is 3.35. The van der Waals surface area contributed by atoms with Crippen molar-refractivity contribution in [1.29, 1.82) is 0 Å². The van der Waals surface area contributed by atoms with Gasteiger partial charge in [0.2, 0.25) is 5.91 Å². The first-order valence-electron chi connectivity index (χ1n) is 12.2. The number of aromatic amines is 1. The minimum atomic E-state index is -4.49. The van der Waals surface area contributed by atoms with Crippen LogP contribution in [-0.4, -0.2) is 46.9 Å². The fraction of sp³-hybridized carbons (Fsp3) is 0.250. The number of non-ortho nitro benzene ring substituents is 1. The quantitative estimate of drug-likeness (QED) is 0.250. The lowest BCUT2D eigenvalue weighted by Crippen LogP contribution is -2.49. The van der Waals surface area contributed by atoms with E-state index < -0.39 is 22.6 Å². The van der Waals surface area contributed by atoms with Gasteiger partial charge in [0.25, 0.3) is 5.69 Å². The summed E-state index contributed by atoms with van der Waals surface area (Å²) in [4.78, 5) is 30.9. The molecule has 1 unspecified atom stereocenters. The number of hydrogen-bond acceptors (Lipinski definition) is 4. The van der Waals surface area contributed by atoms with Crippen molar-refractivity contribution in [2.75, 3.05) is 31.1 Å². The highest BCUT2D eigenvalue weighted by molar-refractivity contribution is 5.86. The molecule has 1 aromatic heterocycles. The van der Waals surface area contributed by atoms with Gasteiger partial charge in [-0.2, -0.15) is 13.2 Å². The van der Waals surface area contributed by atoms with E-state index in [9.17, 15) is 28.1 Å². The maximum Gasteiger partial charge on any atom is 0.416 e. The summed E-state index contributed by atoms with van der Waals surface area (Å²) in [6.07, 6.45) is -2.69. The van der Waals surface area contributed by atoms with E-state index in [0.29, 0.717) is 31.7 Å². The van der Waals surface area contributed by atoms with Crippen molar-refractivity contribution >= 4 is 28.2 Å².